The van der Waals surface area contributed by atoms with Gasteiger partial charge in [-0.15, -0.1) is 11.3 Å². The van der Waals surface area contributed by atoms with Crippen LogP contribution in [0.2, 0.25) is 0 Å². The lowest BCUT2D eigenvalue weighted by atomic mass is 10.1. The van der Waals surface area contributed by atoms with Crippen molar-refractivity contribution < 1.29 is 17.6 Å². The standard InChI is InChI=1S/C9H9BrF4S/c1-4-3-5(2)15-6(4)7(10)9(13,14)8(11)12/h3,7-8H,1-2H3. The molecule has 0 radical (unpaired) electrons. The molecule has 1 rings (SSSR count). The van der Waals surface area contributed by atoms with Crippen molar-refractivity contribution in [2.45, 2.75) is 31.0 Å². The van der Waals surface area contributed by atoms with Gasteiger partial charge in [0.1, 0.15) is 4.83 Å². The van der Waals surface area contributed by atoms with Crippen molar-refractivity contribution in [3.63, 3.8) is 0 Å². The van der Waals surface area contributed by atoms with E-state index in [1.54, 1.807) is 19.9 Å². The second-order valence-electron chi connectivity index (χ2n) is 3.24. The van der Waals surface area contributed by atoms with Crippen LogP contribution in [-0.2, 0) is 0 Å². The summed E-state index contributed by atoms with van der Waals surface area (Å²) in [6, 6.07) is 1.70. The highest BCUT2D eigenvalue weighted by Crippen LogP contribution is 2.46. The Kier molecular flexibility index (Phi) is 3.81. The number of alkyl halides is 5. The molecule has 0 amide bonds. The van der Waals surface area contributed by atoms with Gasteiger partial charge in [-0.25, -0.2) is 8.78 Å². The maximum absolute atomic E-state index is 13.0. The number of halogens is 5. The zero-order chi connectivity index (χ0) is 11.8. The van der Waals surface area contributed by atoms with Gasteiger partial charge in [0.2, 0.25) is 0 Å². The van der Waals surface area contributed by atoms with Gasteiger partial charge >= 0.3 is 12.3 Å². The molecule has 0 N–H and O–H groups in total. The topological polar surface area (TPSA) is 0 Å². The van der Waals surface area contributed by atoms with Crippen molar-refractivity contribution in [3.05, 3.63) is 21.4 Å². The summed E-state index contributed by atoms with van der Waals surface area (Å²) in [7, 11) is 0. The summed E-state index contributed by atoms with van der Waals surface area (Å²) in [6.45, 7) is 3.38. The van der Waals surface area contributed by atoms with E-state index in [9.17, 15) is 17.6 Å². The van der Waals surface area contributed by atoms with Crippen LogP contribution in [0.4, 0.5) is 17.6 Å². The lowest BCUT2D eigenvalue weighted by Crippen LogP contribution is -2.31. The first kappa shape index (κ1) is 13.0. The van der Waals surface area contributed by atoms with E-state index in [4.69, 9.17) is 0 Å². The van der Waals surface area contributed by atoms with E-state index in [1.165, 1.54) is 0 Å². The average Bonchev–Trinajstić information content (AvgIpc) is 2.43. The molecule has 0 aliphatic rings. The van der Waals surface area contributed by atoms with Crippen molar-refractivity contribution in [2.24, 2.45) is 0 Å². The lowest BCUT2D eigenvalue weighted by molar-refractivity contribution is -0.127. The van der Waals surface area contributed by atoms with E-state index < -0.39 is 17.2 Å². The van der Waals surface area contributed by atoms with Crippen LogP contribution >= 0.6 is 27.3 Å². The van der Waals surface area contributed by atoms with Crippen molar-refractivity contribution in [1.82, 2.24) is 0 Å². The van der Waals surface area contributed by atoms with Gasteiger partial charge in [-0.05, 0) is 25.5 Å². The van der Waals surface area contributed by atoms with E-state index in [-0.39, 0.29) is 4.88 Å². The van der Waals surface area contributed by atoms with Gasteiger partial charge in [0.15, 0.2) is 0 Å². The molecule has 0 saturated carbocycles. The Labute approximate surface area is 97.4 Å². The van der Waals surface area contributed by atoms with E-state index in [0.717, 1.165) is 16.2 Å². The summed E-state index contributed by atoms with van der Waals surface area (Å²) >= 11 is 3.76. The van der Waals surface area contributed by atoms with E-state index in [2.05, 4.69) is 15.9 Å². The van der Waals surface area contributed by atoms with Crippen molar-refractivity contribution >= 4 is 27.3 Å². The van der Waals surface area contributed by atoms with Gasteiger partial charge in [0.25, 0.3) is 0 Å². The summed E-state index contributed by atoms with van der Waals surface area (Å²) in [5, 5.41) is 0. The Morgan fingerprint density at radius 1 is 1.33 bits per heavy atom. The van der Waals surface area contributed by atoms with Crippen LogP contribution < -0.4 is 0 Å². The summed E-state index contributed by atoms with van der Waals surface area (Å²) in [6.07, 6.45) is -3.66. The molecule has 0 nitrogen and oxygen atoms in total. The molecule has 0 aliphatic heterocycles. The first-order valence-corrected chi connectivity index (χ1v) is 5.87. The molecule has 86 valence electrons. The first-order chi connectivity index (χ1) is 6.76. The monoisotopic (exact) mass is 304 g/mol. The number of aryl methyl sites for hydroxylation is 2. The molecular weight excluding hydrogens is 296 g/mol. The molecule has 0 aromatic carbocycles. The molecule has 6 heteroatoms. The first-order valence-electron chi connectivity index (χ1n) is 4.13. The lowest BCUT2D eigenvalue weighted by Gasteiger charge is -2.20. The Bertz CT molecular complexity index is 348. The maximum Gasteiger partial charge on any atom is 0.324 e. The fourth-order valence-electron chi connectivity index (χ4n) is 1.20. The van der Waals surface area contributed by atoms with E-state index in [0.29, 0.717) is 5.56 Å². The van der Waals surface area contributed by atoms with Crippen LogP contribution in [0.1, 0.15) is 20.1 Å². The largest absolute Gasteiger partial charge is 0.324 e. The number of hydrogen-bond donors (Lipinski definition) is 0. The van der Waals surface area contributed by atoms with Crippen molar-refractivity contribution in [3.8, 4) is 0 Å². The van der Waals surface area contributed by atoms with E-state index >= 15 is 0 Å². The Morgan fingerprint density at radius 2 is 1.87 bits per heavy atom. The van der Waals surface area contributed by atoms with Crippen LogP contribution in [-0.4, -0.2) is 12.3 Å². The summed E-state index contributed by atoms with van der Waals surface area (Å²) in [5.74, 6) is -4.04. The third-order valence-electron chi connectivity index (χ3n) is 1.94. The van der Waals surface area contributed by atoms with Gasteiger partial charge in [0, 0.05) is 9.75 Å². The van der Waals surface area contributed by atoms with Crippen LogP contribution in [0.15, 0.2) is 6.07 Å². The molecule has 0 spiro atoms. The second kappa shape index (κ2) is 4.41. The third-order valence-corrected chi connectivity index (χ3v) is 4.53. The van der Waals surface area contributed by atoms with Gasteiger partial charge in [-0.2, -0.15) is 8.78 Å². The highest BCUT2D eigenvalue weighted by atomic mass is 79.9. The predicted molar refractivity (Wildman–Crippen MR) is 56.4 cm³/mol. The zero-order valence-corrected chi connectivity index (χ0v) is 10.4. The van der Waals surface area contributed by atoms with Gasteiger partial charge < -0.3 is 0 Å². The summed E-state index contributed by atoms with van der Waals surface area (Å²) in [4.78, 5) is -0.529. The minimum atomic E-state index is -4.04. The van der Waals surface area contributed by atoms with Crippen molar-refractivity contribution in [2.75, 3.05) is 0 Å². The Hall–Kier alpha value is -0.100. The number of hydrogen-bond acceptors (Lipinski definition) is 1. The third kappa shape index (κ3) is 2.53. The molecule has 1 aromatic rings. The van der Waals surface area contributed by atoms with Crippen LogP contribution in [0.5, 0.6) is 0 Å². The average molecular weight is 305 g/mol. The maximum atomic E-state index is 13.0. The number of rotatable bonds is 3. The molecule has 1 unspecified atom stereocenters. The zero-order valence-electron chi connectivity index (χ0n) is 8.03. The number of thiophene rings is 1. The minimum Gasteiger partial charge on any atom is -0.204 e. The van der Waals surface area contributed by atoms with Gasteiger partial charge in [-0.3, -0.25) is 0 Å². The van der Waals surface area contributed by atoms with Crippen LogP contribution in [0.25, 0.3) is 0 Å². The summed E-state index contributed by atoms with van der Waals surface area (Å²) in [5.41, 5.74) is 0.611. The fourth-order valence-corrected chi connectivity index (χ4v) is 3.10. The van der Waals surface area contributed by atoms with Crippen LogP contribution in [0, 0.1) is 13.8 Å². The molecular formula is C9H9BrF4S. The van der Waals surface area contributed by atoms with Gasteiger partial charge in [-0.1, -0.05) is 15.9 Å². The Balaban J connectivity index is 3.04. The van der Waals surface area contributed by atoms with Crippen LogP contribution in [0.3, 0.4) is 0 Å². The normalized spacial score (nSPS) is 14.7. The smallest absolute Gasteiger partial charge is 0.204 e. The molecule has 1 aromatic heterocycles. The quantitative estimate of drug-likeness (QED) is 0.561. The summed E-state index contributed by atoms with van der Waals surface area (Å²) < 4.78 is 50.3. The highest BCUT2D eigenvalue weighted by molar-refractivity contribution is 9.09. The van der Waals surface area contributed by atoms with Gasteiger partial charge in [0.05, 0.1) is 0 Å². The Morgan fingerprint density at radius 3 is 2.20 bits per heavy atom. The minimum absolute atomic E-state index is 0.262. The molecule has 15 heavy (non-hydrogen) atoms. The highest BCUT2D eigenvalue weighted by Gasteiger charge is 2.49. The molecule has 0 saturated heterocycles. The fraction of sp³-hybridized carbons (Fsp3) is 0.556. The molecule has 1 atom stereocenters. The second-order valence-corrected chi connectivity index (χ2v) is 5.45. The van der Waals surface area contributed by atoms with Crippen molar-refractivity contribution in [1.29, 1.82) is 0 Å². The molecule has 0 aliphatic carbocycles. The SMILES string of the molecule is Cc1cc(C)c(C(Br)C(F)(F)C(F)F)s1. The molecule has 1 heterocycles. The predicted octanol–water partition coefficient (Wildman–Crippen LogP) is 4.70. The van der Waals surface area contributed by atoms with E-state index in [1.807, 2.05) is 0 Å². The molecule has 0 bridgehead atoms. The molecule has 0 fully saturated rings.